The highest BCUT2D eigenvalue weighted by molar-refractivity contribution is 9.10. The first-order chi connectivity index (χ1) is 8.06. The lowest BCUT2D eigenvalue weighted by atomic mass is 9.87. The van der Waals surface area contributed by atoms with Crippen LogP contribution in [0.4, 0.5) is 0 Å². The standard InChI is InChI=1S/C14H19BrN2/c1-8(2)11(7-16)13-9(3)17-14-10(13)5-4-6-12(14)15/h4-6,8,11,17H,7,16H2,1-3H3. The number of aryl methyl sites for hydroxylation is 1. The average Bonchev–Trinajstić information content (AvgIpc) is 2.59. The van der Waals surface area contributed by atoms with Crippen LogP contribution in [0.25, 0.3) is 10.9 Å². The second-order valence-corrected chi connectivity index (χ2v) is 5.77. The molecule has 1 aromatic heterocycles. The fraction of sp³-hybridized carbons (Fsp3) is 0.429. The molecule has 0 aliphatic rings. The van der Waals surface area contributed by atoms with Gasteiger partial charge in [-0.1, -0.05) is 26.0 Å². The zero-order chi connectivity index (χ0) is 12.6. The Morgan fingerprint density at radius 3 is 2.65 bits per heavy atom. The fourth-order valence-corrected chi connectivity index (χ4v) is 3.00. The molecule has 1 unspecified atom stereocenters. The maximum atomic E-state index is 5.94. The van der Waals surface area contributed by atoms with Crippen molar-refractivity contribution in [3.8, 4) is 0 Å². The number of hydrogen-bond acceptors (Lipinski definition) is 1. The summed E-state index contributed by atoms with van der Waals surface area (Å²) in [6.45, 7) is 7.28. The van der Waals surface area contributed by atoms with Crippen molar-refractivity contribution in [2.45, 2.75) is 26.7 Å². The van der Waals surface area contributed by atoms with E-state index in [1.54, 1.807) is 0 Å². The van der Waals surface area contributed by atoms with Gasteiger partial charge in [-0.15, -0.1) is 0 Å². The molecule has 2 nitrogen and oxygen atoms in total. The molecule has 0 bridgehead atoms. The zero-order valence-electron chi connectivity index (χ0n) is 10.5. The van der Waals surface area contributed by atoms with Gasteiger partial charge in [0.2, 0.25) is 0 Å². The van der Waals surface area contributed by atoms with Crippen LogP contribution in [0.1, 0.15) is 31.0 Å². The van der Waals surface area contributed by atoms with Crippen LogP contribution >= 0.6 is 15.9 Å². The van der Waals surface area contributed by atoms with Gasteiger partial charge in [-0.2, -0.15) is 0 Å². The van der Waals surface area contributed by atoms with Gasteiger partial charge in [-0.3, -0.25) is 0 Å². The highest BCUT2D eigenvalue weighted by Crippen LogP contribution is 2.35. The van der Waals surface area contributed by atoms with E-state index in [0.29, 0.717) is 18.4 Å². The first kappa shape index (κ1) is 12.7. The summed E-state index contributed by atoms with van der Waals surface area (Å²) in [4.78, 5) is 3.46. The summed E-state index contributed by atoms with van der Waals surface area (Å²) in [7, 11) is 0. The predicted molar refractivity (Wildman–Crippen MR) is 77.4 cm³/mol. The lowest BCUT2D eigenvalue weighted by molar-refractivity contribution is 0.507. The van der Waals surface area contributed by atoms with Crippen LogP contribution < -0.4 is 5.73 Å². The molecular weight excluding hydrogens is 276 g/mol. The Labute approximate surface area is 111 Å². The summed E-state index contributed by atoms with van der Waals surface area (Å²) < 4.78 is 1.11. The van der Waals surface area contributed by atoms with E-state index in [-0.39, 0.29) is 0 Å². The Morgan fingerprint density at radius 2 is 2.06 bits per heavy atom. The van der Waals surface area contributed by atoms with Gasteiger partial charge >= 0.3 is 0 Å². The third kappa shape index (κ3) is 2.14. The first-order valence-corrected chi connectivity index (χ1v) is 6.82. The molecule has 0 amide bonds. The minimum Gasteiger partial charge on any atom is -0.357 e. The van der Waals surface area contributed by atoms with Crippen molar-refractivity contribution in [1.82, 2.24) is 4.98 Å². The van der Waals surface area contributed by atoms with Gasteiger partial charge < -0.3 is 10.7 Å². The van der Waals surface area contributed by atoms with Gasteiger partial charge in [0.1, 0.15) is 0 Å². The van der Waals surface area contributed by atoms with Gasteiger partial charge in [-0.25, -0.2) is 0 Å². The highest BCUT2D eigenvalue weighted by Gasteiger charge is 2.21. The molecule has 0 aliphatic heterocycles. The van der Waals surface area contributed by atoms with Crippen LogP contribution in [0.2, 0.25) is 0 Å². The van der Waals surface area contributed by atoms with E-state index in [1.165, 1.54) is 22.2 Å². The molecule has 2 rings (SSSR count). The Bertz CT molecular complexity index is 528. The molecule has 1 heterocycles. The van der Waals surface area contributed by atoms with E-state index >= 15 is 0 Å². The van der Waals surface area contributed by atoms with Gasteiger partial charge in [0, 0.05) is 21.5 Å². The molecule has 0 saturated carbocycles. The van der Waals surface area contributed by atoms with Gasteiger partial charge in [0.05, 0.1) is 5.52 Å². The maximum absolute atomic E-state index is 5.94. The average molecular weight is 295 g/mol. The maximum Gasteiger partial charge on any atom is 0.0603 e. The van der Waals surface area contributed by atoms with E-state index in [1.807, 2.05) is 0 Å². The number of nitrogens with one attached hydrogen (secondary N) is 1. The quantitative estimate of drug-likeness (QED) is 0.885. The molecular formula is C14H19BrN2. The number of hydrogen-bond donors (Lipinski definition) is 2. The van der Waals surface area contributed by atoms with E-state index in [4.69, 9.17) is 5.73 Å². The molecule has 1 aromatic carbocycles. The van der Waals surface area contributed by atoms with Crippen LogP contribution in [0, 0.1) is 12.8 Å². The number of aromatic nitrogens is 1. The highest BCUT2D eigenvalue weighted by atomic mass is 79.9. The van der Waals surface area contributed by atoms with Crippen LogP contribution in [0.3, 0.4) is 0 Å². The summed E-state index contributed by atoms with van der Waals surface area (Å²) in [6, 6.07) is 6.32. The number of para-hydroxylation sites is 1. The zero-order valence-corrected chi connectivity index (χ0v) is 12.1. The molecule has 1 atom stereocenters. The van der Waals surface area contributed by atoms with Crippen molar-refractivity contribution in [3.63, 3.8) is 0 Å². The van der Waals surface area contributed by atoms with E-state index in [2.05, 4.69) is 59.9 Å². The molecule has 2 aromatic rings. The van der Waals surface area contributed by atoms with Crippen LogP contribution in [-0.2, 0) is 0 Å². The molecule has 3 heteroatoms. The number of benzene rings is 1. The molecule has 3 N–H and O–H groups in total. The summed E-state index contributed by atoms with van der Waals surface area (Å²) in [5.74, 6) is 0.967. The predicted octanol–water partition coefficient (Wildman–Crippen LogP) is 3.94. The Balaban J connectivity index is 2.68. The number of rotatable bonds is 3. The van der Waals surface area contributed by atoms with Crippen LogP contribution in [0.15, 0.2) is 22.7 Å². The lowest BCUT2D eigenvalue weighted by Gasteiger charge is -2.19. The molecule has 17 heavy (non-hydrogen) atoms. The van der Waals surface area contributed by atoms with Crippen LogP contribution in [0.5, 0.6) is 0 Å². The number of halogens is 1. The van der Waals surface area contributed by atoms with Gasteiger partial charge in [-0.05, 0) is 46.9 Å². The smallest absolute Gasteiger partial charge is 0.0603 e. The third-order valence-electron chi connectivity index (χ3n) is 3.45. The van der Waals surface area contributed by atoms with Crippen molar-refractivity contribution in [2.75, 3.05) is 6.54 Å². The Hall–Kier alpha value is -0.800. The van der Waals surface area contributed by atoms with Crippen molar-refractivity contribution in [1.29, 1.82) is 0 Å². The molecule has 0 spiro atoms. The SMILES string of the molecule is Cc1[nH]c2c(Br)cccc2c1C(CN)C(C)C. The van der Waals surface area contributed by atoms with Crippen molar-refractivity contribution >= 4 is 26.8 Å². The Kier molecular flexibility index (Phi) is 3.59. The van der Waals surface area contributed by atoms with Gasteiger partial charge in [0.15, 0.2) is 0 Å². The van der Waals surface area contributed by atoms with E-state index in [0.717, 1.165) is 4.47 Å². The van der Waals surface area contributed by atoms with Crippen LogP contribution in [-0.4, -0.2) is 11.5 Å². The molecule has 0 fully saturated rings. The third-order valence-corrected chi connectivity index (χ3v) is 4.11. The summed E-state index contributed by atoms with van der Waals surface area (Å²) in [5, 5.41) is 1.29. The van der Waals surface area contributed by atoms with Crippen molar-refractivity contribution < 1.29 is 0 Å². The first-order valence-electron chi connectivity index (χ1n) is 6.03. The number of H-pyrrole nitrogens is 1. The largest absolute Gasteiger partial charge is 0.357 e. The Morgan fingerprint density at radius 1 is 1.35 bits per heavy atom. The molecule has 92 valence electrons. The normalized spacial score (nSPS) is 13.5. The second kappa shape index (κ2) is 4.83. The number of nitrogens with two attached hydrogens (primary N) is 1. The van der Waals surface area contributed by atoms with Crippen molar-refractivity contribution in [3.05, 3.63) is 33.9 Å². The number of fused-ring (bicyclic) bond motifs is 1. The molecule has 0 radical (unpaired) electrons. The minimum atomic E-state index is 0.415. The summed E-state index contributed by atoms with van der Waals surface area (Å²) in [6.07, 6.45) is 0. The fourth-order valence-electron chi connectivity index (χ4n) is 2.53. The summed E-state index contributed by atoms with van der Waals surface area (Å²) in [5.41, 5.74) is 9.72. The molecule has 0 saturated heterocycles. The van der Waals surface area contributed by atoms with E-state index < -0.39 is 0 Å². The second-order valence-electron chi connectivity index (χ2n) is 4.91. The van der Waals surface area contributed by atoms with Crippen molar-refractivity contribution in [2.24, 2.45) is 11.7 Å². The monoisotopic (exact) mass is 294 g/mol. The topological polar surface area (TPSA) is 41.8 Å². The van der Waals surface area contributed by atoms with E-state index in [9.17, 15) is 0 Å². The van der Waals surface area contributed by atoms with Gasteiger partial charge in [0.25, 0.3) is 0 Å². The number of aromatic amines is 1. The summed E-state index contributed by atoms with van der Waals surface area (Å²) >= 11 is 3.59. The lowest BCUT2D eigenvalue weighted by Crippen LogP contribution is -2.18. The minimum absolute atomic E-state index is 0.415. The molecule has 0 aliphatic carbocycles.